The highest BCUT2D eigenvalue weighted by atomic mass is 35.5. The van der Waals surface area contributed by atoms with Crippen molar-refractivity contribution >= 4 is 40.0 Å². The van der Waals surface area contributed by atoms with E-state index in [1.54, 1.807) is 24.3 Å². The second kappa shape index (κ2) is 4.85. The number of ketones is 1. The number of carbonyl (C=O) groups excluding carboxylic acids is 1. The number of rotatable bonds is 2. The molecule has 1 aromatic heterocycles. The number of furan rings is 1. The molecular formula is C15H8Cl2O3. The van der Waals surface area contributed by atoms with Crippen molar-refractivity contribution in [2.75, 3.05) is 0 Å². The van der Waals surface area contributed by atoms with Gasteiger partial charge in [0, 0.05) is 11.6 Å². The highest BCUT2D eigenvalue weighted by molar-refractivity contribution is 6.45. The summed E-state index contributed by atoms with van der Waals surface area (Å²) in [4.78, 5) is 12.4. The van der Waals surface area contributed by atoms with E-state index in [9.17, 15) is 9.90 Å². The molecule has 3 nitrogen and oxygen atoms in total. The fraction of sp³-hybridized carbons (Fsp3) is 0. The number of aromatic hydroxyl groups is 1. The Morgan fingerprint density at radius 1 is 1.15 bits per heavy atom. The van der Waals surface area contributed by atoms with Gasteiger partial charge < -0.3 is 9.52 Å². The first kappa shape index (κ1) is 13.0. The SMILES string of the molecule is O=C(c1ccccc1)c1coc2c(Cl)c(Cl)cc(O)c12. The minimum absolute atomic E-state index is 0.137. The van der Waals surface area contributed by atoms with Crippen LogP contribution in [0.2, 0.25) is 10.0 Å². The van der Waals surface area contributed by atoms with E-state index in [1.165, 1.54) is 12.3 Å². The van der Waals surface area contributed by atoms with Crippen LogP contribution in [0.3, 0.4) is 0 Å². The molecule has 0 aliphatic rings. The number of carbonyl (C=O) groups is 1. The van der Waals surface area contributed by atoms with Crippen molar-refractivity contribution in [3.05, 3.63) is 63.8 Å². The lowest BCUT2D eigenvalue weighted by Gasteiger charge is -2.02. The minimum atomic E-state index is -0.252. The van der Waals surface area contributed by atoms with Crippen LogP contribution in [0.15, 0.2) is 47.1 Å². The Hall–Kier alpha value is -1.97. The molecule has 0 fully saturated rings. The number of benzene rings is 2. The molecule has 100 valence electrons. The average molecular weight is 307 g/mol. The van der Waals surface area contributed by atoms with Gasteiger partial charge in [0.1, 0.15) is 17.0 Å². The highest BCUT2D eigenvalue weighted by Gasteiger charge is 2.21. The van der Waals surface area contributed by atoms with Crippen molar-refractivity contribution in [1.82, 2.24) is 0 Å². The Kier molecular flexibility index (Phi) is 3.16. The zero-order chi connectivity index (χ0) is 14.3. The van der Waals surface area contributed by atoms with Gasteiger partial charge in [0.05, 0.1) is 16.0 Å². The number of hydrogen-bond acceptors (Lipinski definition) is 3. The zero-order valence-corrected chi connectivity index (χ0v) is 11.6. The Bertz CT molecular complexity index is 807. The largest absolute Gasteiger partial charge is 0.507 e. The smallest absolute Gasteiger partial charge is 0.197 e. The predicted octanol–water partition coefficient (Wildman–Crippen LogP) is 4.68. The second-order valence-electron chi connectivity index (χ2n) is 4.24. The van der Waals surface area contributed by atoms with Gasteiger partial charge in [0.2, 0.25) is 0 Å². The third-order valence-corrected chi connectivity index (χ3v) is 3.77. The summed E-state index contributed by atoms with van der Waals surface area (Å²) in [6.45, 7) is 0. The number of halogens is 2. The third kappa shape index (κ3) is 1.96. The molecule has 1 N–H and O–H groups in total. The van der Waals surface area contributed by atoms with Crippen molar-refractivity contribution in [3.8, 4) is 5.75 Å². The summed E-state index contributed by atoms with van der Waals surface area (Å²) in [6, 6.07) is 10.0. The molecule has 20 heavy (non-hydrogen) atoms. The van der Waals surface area contributed by atoms with Gasteiger partial charge in [-0.15, -0.1) is 0 Å². The molecule has 0 amide bonds. The summed E-state index contributed by atoms with van der Waals surface area (Å²) < 4.78 is 5.29. The van der Waals surface area contributed by atoms with E-state index in [4.69, 9.17) is 27.6 Å². The third-order valence-electron chi connectivity index (χ3n) is 3.00. The van der Waals surface area contributed by atoms with Crippen LogP contribution in [0.1, 0.15) is 15.9 Å². The van der Waals surface area contributed by atoms with Crippen molar-refractivity contribution in [2.45, 2.75) is 0 Å². The number of phenols is 1. The highest BCUT2D eigenvalue weighted by Crippen LogP contribution is 2.40. The quantitative estimate of drug-likeness (QED) is 0.700. The van der Waals surface area contributed by atoms with E-state index < -0.39 is 0 Å². The van der Waals surface area contributed by atoms with Crippen molar-refractivity contribution in [3.63, 3.8) is 0 Å². The van der Waals surface area contributed by atoms with Crippen LogP contribution in [0.25, 0.3) is 11.0 Å². The van der Waals surface area contributed by atoms with Gasteiger partial charge in [-0.1, -0.05) is 53.5 Å². The molecule has 3 aromatic rings. The standard InChI is InChI=1S/C15H8Cl2O3/c16-10-6-11(18)12-9(7-20-15(12)13(10)17)14(19)8-4-2-1-3-5-8/h1-7,18H. The first-order chi connectivity index (χ1) is 9.59. The Balaban J connectivity index is 2.24. The molecule has 0 aliphatic heterocycles. The van der Waals surface area contributed by atoms with Crippen LogP contribution in [0.5, 0.6) is 5.75 Å². The molecule has 0 saturated carbocycles. The predicted molar refractivity (Wildman–Crippen MR) is 77.8 cm³/mol. The van der Waals surface area contributed by atoms with Gasteiger partial charge in [-0.3, -0.25) is 4.79 Å². The van der Waals surface area contributed by atoms with Gasteiger partial charge in [0.15, 0.2) is 11.4 Å². The molecule has 5 heteroatoms. The van der Waals surface area contributed by atoms with Gasteiger partial charge in [-0.25, -0.2) is 0 Å². The van der Waals surface area contributed by atoms with E-state index in [0.717, 1.165) is 0 Å². The summed E-state index contributed by atoms with van der Waals surface area (Å²) >= 11 is 11.9. The summed E-state index contributed by atoms with van der Waals surface area (Å²) in [5, 5.41) is 10.6. The molecule has 0 spiro atoms. The lowest BCUT2D eigenvalue weighted by Crippen LogP contribution is -1.99. The van der Waals surface area contributed by atoms with Crippen LogP contribution in [-0.2, 0) is 0 Å². The van der Waals surface area contributed by atoms with E-state index in [0.29, 0.717) is 5.56 Å². The average Bonchev–Trinajstić information content (AvgIpc) is 2.90. The monoisotopic (exact) mass is 306 g/mol. The summed E-state index contributed by atoms with van der Waals surface area (Å²) in [6.07, 6.45) is 1.28. The molecule has 1 heterocycles. The normalized spacial score (nSPS) is 10.9. The number of phenolic OH excluding ortho intramolecular Hbond substituents is 1. The van der Waals surface area contributed by atoms with Crippen LogP contribution in [-0.4, -0.2) is 10.9 Å². The first-order valence-electron chi connectivity index (χ1n) is 5.77. The number of hydrogen-bond donors (Lipinski definition) is 1. The van der Waals surface area contributed by atoms with Gasteiger partial charge in [0.25, 0.3) is 0 Å². The fourth-order valence-corrected chi connectivity index (χ4v) is 2.43. The molecular weight excluding hydrogens is 299 g/mol. The summed E-state index contributed by atoms with van der Waals surface area (Å²) in [5.74, 6) is -0.388. The van der Waals surface area contributed by atoms with Crippen molar-refractivity contribution in [2.24, 2.45) is 0 Å². The lowest BCUT2D eigenvalue weighted by molar-refractivity contribution is 0.103. The van der Waals surface area contributed by atoms with Crippen LogP contribution < -0.4 is 0 Å². The van der Waals surface area contributed by atoms with Crippen LogP contribution in [0.4, 0.5) is 0 Å². The topological polar surface area (TPSA) is 50.4 Å². The van der Waals surface area contributed by atoms with Crippen molar-refractivity contribution in [1.29, 1.82) is 0 Å². The van der Waals surface area contributed by atoms with Crippen LogP contribution in [0, 0.1) is 0 Å². The summed E-state index contributed by atoms with van der Waals surface area (Å²) in [5.41, 5.74) is 0.957. The second-order valence-corrected chi connectivity index (χ2v) is 5.03. The molecule has 2 aromatic carbocycles. The summed E-state index contributed by atoms with van der Waals surface area (Å²) in [7, 11) is 0. The number of fused-ring (bicyclic) bond motifs is 1. The Labute approximate surface area is 124 Å². The molecule has 0 bridgehead atoms. The first-order valence-corrected chi connectivity index (χ1v) is 6.53. The van der Waals surface area contributed by atoms with Gasteiger partial charge >= 0.3 is 0 Å². The van der Waals surface area contributed by atoms with Gasteiger partial charge in [-0.2, -0.15) is 0 Å². The van der Waals surface area contributed by atoms with Gasteiger partial charge in [-0.05, 0) is 0 Å². The fourth-order valence-electron chi connectivity index (χ4n) is 2.05. The minimum Gasteiger partial charge on any atom is -0.507 e. The van der Waals surface area contributed by atoms with E-state index in [2.05, 4.69) is 0 Å². The zero-order valence-electron chi connectivity index (χ0n) is 10.1. The van der Waals surface area contributed by atoms with Crippen molar-refractivity contribution < 1.29 is 14.3 Å². The van der Waals surface area contributed by atoms with Crippen LogP contribution >= 0.6 is 23.2 Å². The molecule has 0 saturated heterocycles. The van der Waals surface area contributed by atoms with E-state index in [1.807, 2.05) is 6.07 Å². The maximum atomic E-state index is 12.4. The van der Waals surface area contributed by atoms with E-state index >= 15 is 0 Å². The Morgan fingerprint density at radius 3 is 2.55 bits per heavy atom. The molecule has 0 unspecified atom stereocenters. The maximum Gasteiger partial charge on any atom is 0.197 e. The molecule has 0 aliphatic carbocycles. The Morgan fingerprint density at radius 2 is 1.85 bits per heavy atom. The lowest BCUT2D eigenvalue weighted by atomic mass is 10.0. The molecule has 0 radical (unpaired) electrons. The molecule has 3 rings (SSSR count). The van der Waals surface area contributed by atoms with E-state index in [-0.39, 0.29) is 38.1 Å². The molecule has 0 atom stereocenters. The maximum absolute atomic E-state index is 12.4.